The number of halogens is 1. The molecule has 1 aliphatic carbocycles. The predicted molar refractivity (Wildman–Crippen MR) is 141 cm³/mol. The molecule has 0 radical (unpaired) electrons. The zero-order chi connectivity index (χ0) is 25.3. The number of nitrogens with one attached hydrogen (secondary N) is 1. The van der Waals surface area contributed by atoms with E-state index in [-0.39, 0.29) is 29.8 Å². The number of carbonyl (C=O) groups is 2. The van der Waals surface area contributed by atoms with Crippen molar-refractivity contribution in [3.8, 4) is 11.1 Å². The van der Waals surface area contributed by atoms with Gasteiger partial charge in [0.15, 0.2) is 5.82 Å². The molecule has 3 heterocycles. The Hall–Kier alpha value is -3.19. The van der Waals surface area contributed by atoms with Crippen molar-refractivity contribution in [2.45, 2.75) is 37.8 Å². The molecule has 2 aliphatic rings. The Morgan fingerprint density at radius 1 is 1.22 bits per heavy atom. The summed E-state index contributed by atoms with van der Waals surface area (Å²) in [5, 5.41) is 9.38. The summed E-state index contributed by atoms with van der Waals surface area (Å²) in [4.78, 5) is 30.4. The summed E-state index contributed by atoms with van der Waals surface area (Å²) in [6, 6.07) is 10.5. The third-order valence-electron chi connectivity index (χ3n) is 7.08. The van der Waals surface area contributed by atoms with Gasteiger partial charge < -0.3 is 15.9 Å². The van der Waals surface area contributed by atoms with Crippen LogP contribution in [0.5, 0.6) is 0 Å². The number of likely N-dealkylation sites (tertiary alicyclic amines) is 1. The van der Waals surface area contributed by atoms with Gasteiger partial charge in [-0.2, -0.15) is 5.10 Å². The molecule has 1 saturated heterocycles. The Bertz CT molecular complexity index is 1310. The van der Waals surface area contributed by atoms with Crippen molar-refractivity contribution in [3.05, 3.63) is 68.8 Å². The fraction of sp³-hybridized carbons (Fsp3) is 0.385. The number of aromatic nitrogens is 2. The first kappa shape index (κ1) is 24.5. The van der Waals surface area contributed by atoms with E-state index < -0.39 is 11.4 Å². The number of anilines is 1. The van der Waals surface area contributed by atoms with E-state index in [9.17, 15) is 9.59 Å². The van der Waals surface area contributed by atoms with Crippen LogP contribution in [0.1, 0.15) is 41.6 Å². The average Bonchev–Trinajstić information content (AvgIpc) is 3.50. The largest absolute Gasteiger partial charge is 0.365 e. The molecule has 2 fully saturated rings. The van der Waals surface area contributed by atoms with Crippen LogP contribution in [0.2, 0.25) is 4.34 Å². The summed E-state index contributed by atoms with van der Waals surface area (Å²) in [7, 11) is 0. The summed E-state index contributed by atoms with van der Waals surface area (Å²) in [5.41, 5.74) is 8.70. The van der Waals surface area contributed by atoms with Crippen LogP contribution in [0.25, 0.3) is 16.0 Å². The lowest BCUT2D eigenvalue weighted by atomic mass is 9.87. The Kier molecular flexibility index (Phi) is 6.84. The molecule has 1 aliphatic heterocycles. The lowest BCUT2D eigenvalue weighted by Crippen LogP contribution is -2.47. The van der Waals surface area contributed by atoms with E-state index >= 15 is 0 Å². The number of carbonyl (C=O) groups excluding carboxylic acids is 2. The topological polar surface area (TPSA) is 97.6 Å². The number of thiophene rings is 1. The molecule has 36 heavy (non-hydrogen) atoms. The SMILES string of the molecule is [C-]#[N+]CC1(n2cc(C(N)=O)c(NC(=O)C3CC3)n2)CCN(Cc2ccc(-c3csc(Cl)c3)cc2)CC1. The van der Waals surface area contributed by atoms with Gasteiger partial charge in [-0.25, -0.2) is 6.57 Å². The Labute approximate surface area is 218 Å². The molecule has 186 valence electrons. The molecular weight excluding hydrogens is 496 g/mol. The molecular formula is C26H27ClN6O2S. The number of piperidine rings is 1. The van der Waals surface area contributed by atoms with Crippen LogP contribution in [-0.4, -0.2) is 46.1 Å². The molecule has 0 atom stereocenters. The van der Waals surface area contributed by atoms with Crippen molar-refractivity contribution in [1.82, 2.24) is 14.7 Å². The van der Waals surface area contributed by atoms with Gasteiger partial charge in [0.1, 0.15) is 11.1 Å². The normalized spacial score (nSPS) is 17.4. The second-order valence-corrected chi connectivity index (χ2v) is 11.2. The van der Waals surface area contributed by atoms with Crippen molar-refractivity contribution in [2.75, 3.05) is 25.0 Å². The van der Waals surface area contributed by atoms with Crippen molar-refractivity contribution in [1.29, 1.82) is 0 Å². The number of nitrogens with zero attached hydrogens (tertiary/aromatic N) is 4. The molecule has 3 aromatic rings. The van der Waals surface area contributed by atoms with E-state index in [4.69, 9.17) is 23.9 Å². The zero-order valence-electron chi connectivity index (χ0n) is 19.7. The van der Waals surface area contributed by atoms with Gasteiger partial charge in [0.2, 0.25) is 12.5 Å². The molecule has 1 saturated carbocycles. The molecule has 10 heteroatoms. The third-order valence-corrected chi connectivity index (χ3v) is 8.17. The fourth-order valence-corrected chi connectivity index (χ4v) is 5.60. The van der Waals surface area contributed by atoms with E-state index in [0.29, 0.717) is 12.8 Å². The second kappa shape index (κ2) is 10.1. The molecule has 3 N–H and O–H groups in total. The molecule has 5 rings (SSSR count). The maximum Gasteiger partial charge on any atom is 0.254 e. The summed E-state index contributed by atoms with van der Waals surface area (Å²) in [6.07, 6.45) is 4.70. The predicted octanol–water partition coefficient (Wildman–Crippen LogP) is 4.62. The minimum absolute atomic E-state index is 0.0200. The summed E-state index contributed by atoms with van der Waals surface area (Å²) in [5.74, 6) is -0.604. The number of hydrogen-bond acceptors (Lipinski definition) is 5. The number of amides is 2. The molecule has 8 nitrogen and oxygen atoms in total. The van der Waals surface area contributed by atoms with Crippen LogP contribution < -0.4 is 11.1 Å². The summed E-state index contributed by atoms with van der Waals surface area (Å²) >= 11 is 7.60. The molecule has 2 amide bonds. The van der Waals surface area contributed by atoms with Gasteiger partial charge in [-0.1, -0.05) is 35.9 Å². The minimum Gasteiger partial charge on any atom is -0.365 e. The van der Waals surface area contributed by atoms with E-state index in [1.807, 2.05) is 6.07 Å². The number of benzene rings is 1. The standard InChI is InChI=1S/C26H27ClN6O2S/c1-29-16-26(33-14-21(23(28)34)24(31-33)30-25(35)19-6-7-19)8-10-32(11-9-26)13-17-2-4-18(5-3-17)20-12-22(27)36-15-20/h2-5,12,14-15,19H,6-11,13,16H2,(H2,28,34)(H,30,31,35). The molecule has 2 aromatic heterocycles. The summed E-state index contributed by atoms with van der Waals surface area (Å²) < 4.78 is 2.48. The van der Waals surface area contributed by atoms with Gasteiger partial charge in [-0.3, -0.25) is 19.2 Å². The monoisotopic (exact) mass is 522 g/mol. The van der Waals surface area contributed by atoms with Crippen LogP contribution in [-0.2, 0) is 16.9 Å². The van der Waals surface area contributed by atoms with Crippen molar-refractivity contribution in [3.63, 3.8) is 0 Å². The van der Waals surface area contributed by atoms with Gasteiger partial charge in [-0.15, -0.1) is 11.3 Å². The van der Waals surface area contributed by atoms with Gasteiger partial charge in [-0.05, 0) is 48.4 Å². The van der Waals surface area contributed by atoms with Crippen molar-refractivity contribution in [2.24, 2.45) is 11.7 Å². The fourth-order valence-electron chi connectivity index (χ4n) is 4.71. The highest BCUT2D eigenvalue weighted by Crippen LogP contribution is 2.35. The van der Waals surface area contributed by atoms with Gasteiger partial charge >= 0.3 is 0 Å². The molecule has 0 bridgehead atoms. The highest BCUT2D eigenvalue weighted by Gasteiger charge is 2.41. The molecule has 0 unspecified atom stereocenters. The first-order valence-electron chi connectivity index (χ1n) is 12.0. The van der Waals surface area contributed by atoms with Gasteiger partial charge in [0.05, 0.1) is 4.34 Å². The van der Waals surface area contributed by atoms with E-state index in [1.54, 1.807) is 10.9 Å². The van der Waals surface area contributed by atoms with Crippen LogP contribution in [0, 0.1) is 12.5 Å². The highest BCUT2D eigenvalue weighted by molar-refractivity contribution is 7.14. The first-order valence-corrected chi connectivity index (χ1v) is 13.2. The Morgan fingerprint density at radius 3 is 2.53 bits per heavy atom. The van der Waals surface area contributed by atoms with Crippen LogP contribution in [0.3, 0.4) is 0 Å². The third kappa shape index (κ3) is 5.16. The van der Waals surface area contributed by atoms with Crippen molar-refractivity contribution >= 4 is 40.6 Å². The maximum atomic E-state index is 12.3. The molecule has 0 spiro atoms. The first-order chi connectivity index (χ1) is 17.4. The van der Waals surface area contributed by atoms with E-state index in [0.717, 1.165) is 47.9 Å². The van der Waals surface area contributed by atoms with Crippen LogP contribution in [0.4, 0.5) is 5.82 Å². The Morgan fingerprint density at radius 2 is 1.94 bits per heavy atom. The van der Waals surface area contributed by atoms with Crippen molar-refractivity contribution < 1.29 is 9.59 Å². The van der Waals surface area contributed by atoms with Gasteiger partial charge in [0.25, 0.3) is 5.91 Å². The summed E-state index contributed by atoms with van der Waals surface area (Å²) in [6.45, 7) is 10.2. The van der Waals surface area contributed by atoms with Crippen LogP contribution >= 0.6 is 22.9 Å². The zero-order valence-corrected chi connectivity index (χ0v) is 21.3. The highest BCUT2D eigenvalue weighted by atomic mass is 35.5. The van der Waals surface area contributed by atoms with E-state index in [2.05, 4.69) is 49.8 Å². The van der Waals surface area contributed by atoms with Crippen LogP contribution in [0.15, 0.2) is 41.9 Å². The minimum atomic E-state index is -0.643. The second-order valence-electron chi connectivity index (χ2n) is 9.62. The lowest BCUT2D eigenvalue weighted by Gasteiger charge is -2.38. The van der Waals surface area contributed by atoms with Gasteiger partial charge in [0, 0.05) is 37.1 Å². The number of rotatable bonds is 8. The average molecular weight is 523 g/mol. The number of hydrogen-bond donors (Lipinski definition) is 2. The van der Waals surface area contributed by atoms with E-state index in [1.165, 1.54) is 16.9 Å². The molecule has 1 aromatic carbocycles. The number of nitrogens with two attached hydrogens (primary N) is 1. The maximum absolute atomic E-state index is 12.3. The number of primary amides is 1. The lowest BCUT2D eigenvalue weighted by molar-refractivity contribution is -0.117. The Balaban J connectivity index is 1.28. The quantitative estimate of drug-likeness (QED) is 0.422. The smallest absolute Gasteiger partial charge is 0.254 e.